The van der Waals surface area contributed by atoms with Gasteiger partial charge in [0.2, 0.25) is 17.3 Å². The van der Waals surface area contributed by atoms with Crippen LogP contribution in [-0.4, -0.2) is 25.3 Å². The van der Waals surface area contributed by atoms with Gasteiger partial charge in [0.05, 0.1) is 14.2 Å². The van der Waals surface area contributed by atoms with Crippen LogP contribution >= 0.6 is 0 Å². The lowest BCUT2D eigenvalue weighted by molar-refractivity contribution is -0.134. The summed E-state index contributed by atoms with van der Waals surface area (Å²) in [4.78, 5) is 24.1. The fraction of sp³-hybridized carbons (Fsp3) is 0.100. The number of hydrogen-bond acceptors (Lipinski definition) is 8. The quantitative estimate of drug-likeness (QED) is 0.319. The van der Waals surface area contributed by atoms with Crippen molar-refractivity contribution in [2.24, 2.45) is 0 Å². The minimum Gasteiger partial charge on any atom is -0.504 e. The molecule has 0 saturated carbocycles. The molecule has 8 heteroatoms. The van der Waals surface area contributed by atoms with Crippen LogP contribution in [0.2, 0.25) is 0 Å². The van der Waals surface area contributed by atoms with Crippen LogP contribution in [0.1, 0.15) is 5.56 Å². The van der Waals surface area contributed by atoms with Crippen molar-refractivity contribution in [3.63, 3.8) is 0 Å². The summed E-state index contributed by atoms with van der Waals surface area (Å²) in [5.41, 5.74) is 0.0814. The van der Waals surface area contributed by atoms with Crippen LogP contribution < -0.4 is 24.6 Å². The van der Waals surface area contributed by atoms with Gasteiger partial charge >= 0.3 is 11.6 Å². The molecule has 0 atom stereocenters. The topological polar surface area (TPSA) is 104 Å². The van der Waals surface area contributed by atoms with E-state index in [9.17, 15) is 14.7 Å². The molecule has 1 N–H and O–H groups in total. The summed E-state index contributed by atoms with van der Waals surface area (Å²) in [5.74, 6) is -0.359. The molecule has 1 aromatic heterocycles. The van der Waals surface area contributed by atoms with Gasteiger partial charge < -0.3 is 28.5 Å². The number of carbonyl (C=O) groups is 1. The molecule has 0 aliphatic carbocycles. The second kappa shape index (κ2) is 6.66. The van der Waals surface area contributed by atoms with Gasteiger partial charge in [-0.1, -0.05) is 6.07 Å². The third-order valence-corrected chi connectivity index (χ3v) is 4.12. The van der Waals surface area contributed by atoms with E-state index < -0.39 is 11.6 Å². The van der Waals surface area contributed by atoms with Gasteiger partial charge in [-0.2, -0.15) is 0 Å². The van der Waals surface area contributed by atoms with Crippen molar-refractivity contribution in [2.75, 3.05) is 14.2 Å². The molecule has 2 aromatic carbocycles. The van der Waals surface area contributed by atoms with E-state index in [0.717, 1.165) is 0 Å². The summed E-state index contributed by atoms with van der Waals surface area (Å²) >= 11 is 0. The van der Waals surface area contributed by atoms with Gasteiger partial charge in [-0.05, 0) is 35.9 Å². The fourth-order valence-corrected chi connectivity index (χ4v) is 2.80. The Hall–Kier alpha value is -3.94. The van der Waals surface area contributed by atoms with E-state index in [0.29, 0.717) is 10.9 Å². The molecule has 0 unspecified atom stereocenters. The van der Waals surface area contributed by atoms with Crippen LogP contribution in [0.25, 0.3) is 17.0 Å². The molecule has 0 bridgehead atoms. The molecule has 4 rings (SSSR count). The summed E-state index contributed by atoms with van der Waals surface area (Å²) in [7, 11) is 2.83. The number of methoxy groups -OCH3 is 2. The van der Waals surface area contributed by atoms with Gasteiger partial charge in [0.15, 0.2) is 22.8 Å². The zero-order chi connectivity index (χ0) is 19.8. The van der Waals surface area contributed by atoms with Gasteiger partial charge in [0, 0.05) is 11.5 Å². The number of fused-ring (bicyclic) bond motifs is 3. The number of phenolic OH excluding ortho intramolecular Hbond substituents is 1. The maximum atomic E-state index is 12.4. The maximum absolute atomic E-state index is 12.4. The third-order valence-electron chi connectivity index (χ3n) is 4.12. The number of aromatic hydroxyl groups is 1. The highest BCUT2D eigenvalue weighted by Crippen LogP contribution is 2.46. The van der Waals surface area contributed by atoms with E-state index >= 15 is 0 Å². The molecule has 0 spiro atoms. The van der Waals surface area contributed by atoms with Crippen molar-refractivity contribution in [3.05, 3.63) is 58.1 Å². The Morgan fingerprint density at radius 3 is 2.46 bits per heavy atom. The van der Waals surface area contributed by atoms with E-state index in [-0.39, 0.29) is 40.1 Å². The predicted octanol–water partition coefficient (Wildman–Crippen LogP) is 2.85. The number of rotatable bonds is 3. The van der Waals surface area contributed by atoms with Crippen LogP contribution in [-0.2, 0) is 4.79 Å². The highest BCUT2D eigenvalue weighted by Gasteiger charge is 2.31. The van der Waals surface area contributed by atoms with Crippen molar-refractivity contribution < 1.29 is 33.3 Å². The molecular weight excluding hydrogens is 368 g/mol. The molecule has 0 fully saturated rings. The van der Waals surface area contributed by atoms with Crippen LogP contribution in [0.5, 0.6) is 28.7 Å². The summed E-state index contributed by atoms with van der Waals surface area (Å²) in [5, 5.41) is 10.2. The average Bonchev–Trinajstić information content (AvgIpc) is 2.69. The Morgan fingerprint density at radius 2 is 1.71 bits per heavy atom. The zero-order valence-corrected chi connectivity index (χ0v) is 14.8. The Kier molecular flexibility index (Phi) is 4.15. The second-order valence-corrected chi connectivity index (χ2v) is 5.84. The van der Waals surface area contributed by atoms with Gasteiger partial charge in [0.1, 0.15) is 0 Å². The lowest BCUT2D eigenvalue weighted by Crippen LogP contribution is -2.21. The number of benzene rings is 2. The lowest BCUT2D eigenvalue weighted by Gasteiger charge is -2.21. The first-order valence-corrected chi connectivity index (χ1v) is 8.13. The monoisotopic (exact) mass is 382 g/mol. The minimum absolute atomic E-state index is 0.0230. The van der Waals surface area contributed by atoms with Crippen molar-refractivity contribution in [2.45, 2.75) is 0 Å². The summed E-state index contributed by atoms with van der Waals surface area (Å²) in [6.45, 7) is 0. The predicted molar refractivity (Wildman–Crippen MR) is 97.9 cm³/mol. The van der Waals surface area contributed by atoms with Crippen molar-refractivity contribution in [1.29, 1.82) is 0 Å². The molecule has 0 amide bonds. The Bertz CT molecular complexity index is 1190. The Morgan fingerprint density at radius 1 is 0.929 bits per heavy atom. The largest absolute Gasteiger partial charge is 0.504 e. The molecule has 3 aromatic rings. The molecular formula is C20H14O8. The second-order valence-electron chi connectivity index (χ2n) is 5.84. The number of ether oxygens (including phenoxy) is 4. The highest BCUT2D eigenvalue weighted by atomic mass is 16.6. The number of carbonyl (C=O) groups excluding carboxylic acids is 1. The summed E-state index contributed by atoms with van der Waals surface area (Å²) in [6, 6.07) is 8.91. The molecule has 8 nitrogen and oxygen atoms in total. The first-order valence-electron chi connectivity index (χ1n) is 8.13. The van der Waals surface area contributed by atoms with Crippen molar-refractivity contribution in [1.82, 2.24) is 0 Å². The Labute approximate surface area is 158 Å². The van der Waals surface area contributed by atoms with E-state index in [1.807, 2.05) is 0 Å². The minimum atomic E-state index is -0.754. The standard InChI is InChI=1S/C20H14O8/c1-24-13-7-10(3-5-12(13)21)8-15-20(23)28-18-14(25-2)9-11-4-6-16(22)27-17(11)19(18)26-15/h3-9,21H,1-2H3. The van der Waals surface area contributed by atoms with Gasteiger partial charge in [-0.25, -0.2) is 9.59 Å². The lowest BCUT2D eigenvalue weighted by atomic mass is 10.1. The molecule has 0 radical (unpaired) electrons. The molecule has 142 valence electrons. The number of phenols is 1. The van der Waals surface area contributed by atoms with E-state index in [1.165, 1.54) is 38.5 Å². The zero-order valence-electron chi connectivity index (χ0n) is 14.8. The van der Waals surface area contributed by atoms with Crippen LogP contribution in [0.4, 0.5) is 0 Å². The van der Waals surface area contributed by atoms with E-state index in [2.05, 4.69) is 0 Å². The molecule has 28 heavy (non-hydrogen) atoms. The first kappa shape index (κ1) is 17.5. The van der Waals surface area contributed by atoms with E-state index in [4.69, 9.17) is 23.4 Å². The van der Waals surface area contributed by atoms with Gasteiger partial charge in [-0.3, -0.25) is 0 Å². The van der Waals surface area contributed by atoms with Crippen LogP contribution in [0.15, 0.2) is 51.4 Å². The molecule has 2 heterocycles. The highest BCUT2D eigenvalue weighted by molar-refractivity contribution is 5.99. The first-order chi connectivity index (χ1) is 13.5. The summed E-state index contributed by atoms with van der Waals surface area (Å²) in [6.07, 6.45) is 1.42. The molecule has 0 saturated heterocycles. The number of hydrogen-bond donors (Lipinski definition) is 1. The van der Waals surface area contributed by atoms with Gasteiger partial charge in [-0.15, -0.1) is 0 Å². The van der Waals surface area contributed by atoms with Crippen molar-refractivity contribution >= 4 is 23.0 Å². The number of esters is 1. The third kappa shape index (κ3) is 2.90. The fourth-order valence-electron chi connectivity index (χ4n) is 2.80. The summed E-state index contributed by atoms with van der Waals surface area (Å²) < 4.78 is 26.7. The van der Waals surface area contributed by atoms with Crippen LogP contribution in [0, 0.1) is 0 Å². The van der Waals surface area contributed by atoms with E-state index in [1.54, 1.807) is 18.2 Å². The van der Waals surface area contributed by atoms with Gasteiger partial charge in [0.25, 0.3) is 0 Å². The smallest absolute Gasteiger partial charge is 0.379 e. The normalized spacial score (nSPS) is 14.4. The van der Waals surface area contributed by atoms with Crippen molar-refractivity contribution in [3.8, 4) is 28.7 Å². The van der Waals surface area contributed by atoms with Crippen LogP contribution in [0.3, 0.4) is 0 Å². The molecule has 1 aliphatic rings. The SMILES string of the molecule is COc1cc(C=C2Oc3c(c(OC)cc4ccc(=O)oc34)OC2=O)ccc1O. The Balaban J connectivity index is 1.86. The average molecular weight is 382 g/mol. The molecule has 1 aliphatic heterocycles. The maximum Gasteiger partial charge on any atom is 0.379 e.